The van der Waals surface area contributed by atoms with Crippen LogP contribution in [0.15, 0.2) is 36.4 Å². The molecule has 142 valence electrons. The van der Waals surface area contributed by atoms with Gasteiger partial charge in [-0.05, 0) is 36.2 Å². The van der Waals surface area contributed by atoms with Crippen molar-refractivity contribution in [1.29, 1.82) is 0 Å². The van der Waals surface area contributed by atoms with Gasteiger partial charge < -0.3 is 29.2 Å². The van der Waals surface area contributed by atoms with Crippen LogP contribution in [0.1, 0.15) is 17.9 Å². The molecule has 0 aliphatic carbocycles. The summed E-state index contributed by atoms with van der Waals surface area (Å²) in [5, 5.41) is 2.93. The zero-order valence-corrected chi connectivity index (χ0v) is 15.4. The summed E-state index contributed by atoms with van der Waals surface area (Å²) in [5.74, 6) is 3.07. The van der Waals surface area contributed by atoms with Crippen molar-refractivity contribution in [1.82, 2.24) is 4.90 Å². The Kier molecular flexibility index (Phi) is 4.66. The van der Waals surface area contributed by atoms with E-state index in [9.17, 15) is 4.79 Å². The van der Waals surface area contributed by atoms with Crippen LogP contribution in [0.25, 0.3) is 0 Å². The number of amides is 2. The molecule has 2 amide bonds. The van der Waals surface area contributed by atoms with Crippen LogP contribution in [0.2, 0.25) is 0 Å². The van der Waals surface area contributed by atoms with Gasteiger partial charge in [0, 0.05) is 25.1 Å². The van der Waals surface area contributed by atoms with E-state index in [1.807, 2.05) is 23.1 Å². The SMILES string of the molecule is COc1ccc(NC(=O)N2CCC(c3ccc4c(c3)OCO4)C2)c(OC)c1. The van der Waals surface area contributed by atoms with Gasteiger partial charge in [-0.3, -0.25) is 0 Å². The molecule has 7 nitrogen and oxygen atoms in total. The summed E-state index contributed by atoms with van der Waals surface area (Å²) >= 11 is 0. The molecule has 0 saturated carbocycles. The van der Waals surface area contributed by atoms with Crippen molar-refractivity contribution in [2.45, 2.75) is 12.3 Å². The summed E-state index contributed by atoms with van der Waals surface area (Å²) in [6, 6.07) is 11.2. The van der Waals surface area contributed by atoms with Crippen LogP contribution >= 0.6 is 0 Å². The highest BCUT2D eigenvalue weighted by Crippen LogP contribution is 2.37. The number of benzene rings is 2. The average molecular weight is 370 g/mol. The third kappa shape index (κ3) is 3.45. The Morgan fingerprint density at radius 2 is 1.96 bits per heavy atom. The van der Waals surface area contributed by atoms with Gasteiger partial charge in [0.15, 0.2) is 11.5 Å². The molecule has 1 N–H and O–H groups in total. The highest BCUT2D eigenvalue weighted by atomic mass is 16.7. The van der Waals surface area contributed by atoms with Crippen LogP contribution in [0.4, 0.5) is 10.5 Å². The van der Waals surface area contributed by atoms with Crippen molar-refractivity contribution >= 4 is 11.7 Å². The molecule has 0 radical (unpaired) electrons. The second-order valence-corrected chi connectivity index (χ2v) is 6.54. The van der Waals surface area contributed by atoms with Crippen molar-refractivity contribution in [2.75, 3.05) is 39.4 Å². The number of carbonyl (C=O) groups excluding carboxylic acids is 1. The topological polar surface area (TPSA) is 69.3 Å². The van der Waals surface area contributed by atoms with E-state index in [-0.39, 0.29) is 18.7 Å². The van der Waals surface area contributed by atoms with Gasteiger partial charge in [-0.25, -0.2) is 4.79 Å². The summed E-state index contributed by atoms with van der Waals surface area (Å²) in [5.41, 5.74) is 1.78. The first kappa shape index (κ1) is 17.3. The normalized spacial score (nSPS) is 17.7. The Morgan fingerprint density at radius 1 is 1.11 bits per heavy atom. The third-order valence-electron chi connectivity index (χ3n) is 4.99. The van der Waals surface area contributed by atoms with Crippen LogP contribution in [-0.2, 0) is 0 Å². The molecule has 1 saturated heterocycles. The Labute approximate surface area is 157 Å². The number of methoxy groups -OCH3 is 2. The molecule has 1 unspecified atom stereocenters. The highest BCUT2D eigenvalue weighted by molar-refractivity contribution is 5.91. The molecule has 4 rings (SSSR count). The van der Waals surface area contributed by atoms with Gasteiger partial charge in [0.1, 0.15) is 11.5 Å². The molecule has 27 heavy (non-hydrogen) atoms. The zero-order valence-electron chi connectivity index (χ0n) is 15.4. The lowest BCUT2D eigenvalue weighted by atomic mass is 9.98. The molecule has 0 bridgehead atoms. The van der Waals surface area contributed by atoms with Crippen LogP contribution in [0.3, 0.4) is 0 Å². The molecule has 1 atom stereocenters. The van der Waals surface area contributed by atoms with Crippen molar-refractivity contribution in [3.05, 3.63) is 42.0 Å². The van der Waals surface area contributed by atoms with Crippen LogP contribution in [0, 0.1) is 0 Å². The lowest BCUT2D eigenvalue weighted by molar-refractivity contribution is 0.174. The lowest BCUT2D eigenvalue weighted by Gasteiger charge is -2.19. The van der Waals surface area contributed by atoms with E-state index in [4.69, 9.17) is 18.9 Å². The lowest BCUT2D eigenvalue weighted by Crippen LogP contribution is -2.32. The number of anilines is 1. The Morgan fingerprint density at radius 3 is 2.78 bits per heavy atom. The highest BCUT2D eigenvalue weighted by Gasteiger charge is 2.29. The second-order valence-electron chi connectivity index (χ2n) is 6.54. The summed E-state index contributed by atoms with van der Waals surface area (Å²) < 4.78 is 21.4. The summed E-state index contributed by atoms with van der Waals surface area (Å²) in [6.45, 7) is 1.62. The molecular formula is C20H22N2O5. The second kappa shape index (κ2) is 7.26. The largest absolute Gasteiger partial charge is 0.497 e. The molecule has 7 heteroatoms. The first-order valence-electron chi connectivity index (χ1n) is 8.85. The minimum atomic E-state index is -0.137. The number of urea groups is 1. The number of nitrogens with one attached hydrogen (secondary N) is 1. The van der Waals surface area contributed by atoms with Gasteiger partial charge in [-0.15, -0.1) is 0 Å². The monoisotopic (exact) mass is 370 g/mol. The van der Waals surface area contributed by atoms with Crippen LogP contribution in [0.5, 0.6) is 23.0 Å². The number of likely N-dealkylation sites (tertiary alicyclic amines) is 1. The predicted octanol–water partition coefficient (Wildman–Crippen LogP) is 3.45. The quantitative estimate of drug-likeness (QED) is 0.893. The summed E-state index contributed by atoms with van der Waals surface area (Å²) in [4.78, 5) is 14.5. The molecule has 2 aliphatic rings. The standard InChI is InChI=1S/C20H22N2O5/c1-24-15-4-5-16(18(10-15)25-2)21-20(23)22-8-7-14(11-22)13-3-6-17-19(9-13)27-12-26-17/h3-6,9-10,14H,7-8,11-12H2,1-2H3,(H,21,23). The Bertz CT molecular complexity index is 854. The maximum absolute atomic E-state index is 12.7. The fraction of sp³-hybridized carbons (Fsp3) is 0.350. The minimum absolute atomic E-state index is 0.137. The number of hydrogen-bond donors (Lipinski definition) is 1. The van der Waals surface area contributed by atoms with Crippen molar-refractivity contribution in [2.24, 2.45) is 0 Å². The minimum Gasteiger partial charge on any atom is -0.497 e. The van der Waals surface area contributed by atoms with Gasteiger partial charge in [0.05, 0.1) is 19.9 Å². The van der Waals surface area contributed by atoms with Crippen molar-refractivity contribution < 1.29 is 23.7 Å². The smallest absolute Gasteiger partial charge is 0.321 e. The van der Waals surface area contributed by atoms with E-state index in [1.165, 1.54) is 0 Å². The van der Waals surface area contributed by atoms with E-state index in [2.05, 4.69) is 5.32 Å². The average Bonchev–Trinajstić information content (AvgIpc) is 3.37. The molecule has 1 fully saturated rings. The Hall–Kier alpha value is -3.09. The predicted molar refractivity (Wildman–Crippen MR) is 100 cm³/mol. The van der Waals surface area contributed by atoms with E-state index >= 15 is 0 Å². The van der Waals surface area contributed by atoms with Crippen LogP contribution < -0.4 is 24.3 Å². The fourth-order valence-electron chi connectivity index (χ4n) is 3.48. The summed E-state index contributed by atoms with van der Waals surface area (Å²) in [7, 11) is 3.16. The third-order valence-corrected chi connectivity index (χ3v) is 4.99. The first-order valence-corrected chi connectivity index (χ1v) is 8.85. The fourth-order valence-corrected chi connectivity index (χ4v) is 3.48. The number of nitrogens with zero attached hydrogens (tertiary/aromatic N) is 1. The molecule has 0 spiro atoms. The molecule has 2 aliphatic heterocycles. The number of carbonyl (C=O) groups is 1. The molecule has 2 aromatic carbocycles. The van der Waals surface area contributed by atoms with Gasteiger partial charge in [-0.1, -0.05) is 6.07 Å². The van der Waals surface area contributed by atoms with E-state index < -0.39 is 0 Å². The van der Waals surface area contributed by atoms with Crippen molar-refractivity contribution in [3.63, 3.8) is 0 Å². The van der Waals surface area contributed by atoms with E-state index in [0.717, 1.165) is 23.5 Å². The molecule has 2 aromatic rings. The first-order chi connectivity index (χ1) is 13.2. The van der Waals surface area contributed by atoms with Gasteiger partial charge in [0.25, 0.3) is 0 Å². The maximum atomic E-state index is 12.7. The number of fused-ring (bicyclic) bond motifs is 1. The summed E-state index contributed by atoms with van der Waals surface area (Å²) in [6.07, 6.45) is 0.910. The number of rotatable bonds is 4. The van der Waals surface area contributed by atoms with Gasteiger partial charge in [-0.2, -0.15) is 0 Å². The number of ether oxygens (including phenoxy) is 4. The van der Waals surface area contributed by atoms with E-state index in [0.29, 0.717) is 30.3 Å². The maximum Gasteiger partial charge on any atom is 0.321 e. The molecule has 0 aromatic heterocycles. The molecule has 2 heterocycles. The van der Waals surface area contributed by atoms with Crippen LogP contribution in [-0.4, -0.2) is 45.0 Å². The molecular weight excluding hydrogens is 348 g/mol. The van der Waals surface area contributed by atoms with Gasteiger partial charge in [0.2, 0.25) is 6.79 Å². The Balaban J connectivity index is 1.42. The number of hydrogen-bond acceptors (Lipinski definition) is 5. The van der Waals surface area contributed by atoms with E-state index in [1.54, 1.807) is 32.4 Å². The van der Waals surface area contributed by atoms with Crippen molar-refractivity contribution in [3.8, 4) is 23.0 Å². The van der Waals surface area contributed by atoms with Gasteiger partial charge >= 0.3 is 6.03 Å². The zero-order chi connectivity index (χ0) is 18.8.